The fraction of sp³-hybridized carbons (Fsp3) is 0.188. The van der Waals surface area contributed by atoms with Crippen molar-refractivity contribution in [1.82, 2.24) is 5.32 Å². The molecular formula is C16H13F3N2. The van der Waals surface area contributed by atoms with Gasteiger partial charge in [-0.2, -0.15) is 5.26 Å². The number of nitrogens with zero attached hydrogens (tertiary/aromatic N) is 1. The predicted octanol–water partition coefficient (Wildman–Crippen LogP) is 3.50. The molecule has 0 aliphatic heterocycles. The molecule has 0 aliphatic carbocycles. The maximum Gasteiger partial charge on any atom is 0.159 e. The summed E-state index contributed by atoms with van der Waals surface area (Å²) in [6.07, 6.45) is 0.599. The van der Waals surface area contributed by atoms with E-state index in [2.05, 4.69) is 5.32 Å². The van der Waals surface area contributed by atoms with Crippen LogP contribution in [0, 0.1) is 28.8 Å². The van der Waals surface area contributed by atoms with E-state index in [-0.39, 0.29) is 5.82 Å². The average molecular weight is 290 g/mol. The summed E-state index contributed by atoms with van der Waals surface area (Å²) >= 11 is 0. The van der Waals surface area contributed by atoms with Gasteiger partial charge < -0.3 is 0 Å². The summed E-state index contributed by atoms with van der Waals surface area (Å²) in [5, 5.41) is 12.0. The van der Waals surface area contributed by atoms with Crippen molar-refractivity contribution in [3.05, 3.63) is 71.0 Å². The van der Waals surface area contributed by atoms with Gasteiger partial charge in [0.15, 0.2) is 11.6 Å². The largest absolute Gasteiger partial charge is 0.298 e. The zero-order valence-electron chi connectivity index (χ0n) is 11.1. The molecule has 2 aromatic rings. The van der Waals surface area contributed by atoms with Crippen molar-refractivity contribution < 1.29 is 13.2 Å². The average Bonchev–Trinajstić information content (AvgIpc) is 2.49. The van der Waals surface area contributed by atoms with Crippen molar-refractivity contribution >= 4 is 0 Å². The van der Waals surface area contributed by atoms with Crippen LogP contribution in [0.15, 0.2) is 42.5 Å². The van der Waals surface area contributed by atoms with Crippen molar-refractivity contribution in [2.45, 2.75) is 12.5 Å². The molecule has 1 N–H and O–H groups in total. The minimum atomic E-state index is -0.979. The summed E-state index contributed by atoms with van der Waals surface area (Å²) in [6, 6.07) is 10.7. The van der Waals surface area contributed by atoms with Gasteiger partial charge in [0.1, 0.15) is 11.9 Å². The molecule has 21 heavy (non-hydrogen) atoms. The van der Waals surface area contributed by atoms with Gasteiger partial charge in [0.05, 0.1) is 6.07 Å². The van der Waals surface area contributed by atoms with E-state index in [0.29, 0.717) is 18.5 Å². The molecule has 0 saturated heterocycles. The van der Waals surface area contributed by atoms with E-state index in [4.69, 9.17) is 5.26 Å². The summed E-state index contributed by atoms with van der Waals surface area (Å²) in [7, 11) is 0. The number of nitriles is 1. The Balaban J connectivity index is 1.95. The first-order valence-corrected chi connectivity index (χ1v) is 6.42. The number of nitrogens with one attached hydrogen (secondary N) is 1. The second-order valence-corrected chi connectivity index (χ2v) is 4.57. The van der Waals surface area contributed by atoms with Gasteiger partial charge >= 0.3 is 0 Å². The third kappa shape index (κ3) is 4.07. The molecule has 0 spiro atoms. The number of hydrogen-bond donors (Lipinski definition) is 1. The Bertz CT molecular complexity index is 648. The highest BCUT2D eigenvalue weighted by atomic mass is 19.2. The summed E-state index contributed by atoms with van der Waals surface area (Å²) in [5.74, 6) is -2.22. The first-order valence-electron chi connectivity index (χ1n) is 6.42. The number of halogens is 3. The minimum Gasteiger partial charge on any atom is -0.298 e. The molecule has 2 nitrogen and oxygen atoms in total. The zero-order chi connectivity index (χ0) is 15.2. The quantitative estimate of drug-likeness (QED) is 0.914. The smallest absolute Gasteiger partial charge is 0.159 e. The van der Waals surface area contributed by atoms with E-state index < -0.39 is 17.7 Å². The predicted molar refractivity (Wildman–Crippen MR) is 72.8 cm³/mol. The van der Waals surface area contributed by atoms with Crippen LogP contribution in [0.5, 0.6) is 0 Å². The highest BCUT2D eigenvalue weighted by Crippen LogP contribution is 2.16. The van der Waals surface area contributed by atoms with E-state index in [1.54, 1.807) is 12.1 Å². The number of hydrogen-bond acceptors (Lipinski definition) is 2. The van der Waals surface area contributed by atoms with Crippen LogP contribution < -0.4 is 5.32 Å². The molecular weight excluding hydrogens is 277 g/mol. The molecule has 0 aliphatic rings. The monoisotopic (exact) mass is 290 g/mol. The Hall–Kier alpha value is -2.32. The molecule has 0 bridgehead atoms. The van der Waals surface area contributed by atoms with Crippen LogP contribution in [0.4, 0.5) is 13.2 Å². The SMILES string of the molecule is N#CC(NCCc1ccc(F)cc1)c1ccc(F)c(F)c1. The zero-order valence-corrected chi connectivity index (χ0v) is 11.1. The lowest BCUT2D eigenvalue weighted by Crippen LogP contribution is -2.22. The molecule has 2 aromatic carbocycles. The topological polar surface area (TPSA) is 35.8 Å². The molecule has 108 valence electrons. The lowest BCUT2D eigenvalue weighted by Gasteiger charge is -2.12. The highest BCUT2D eigenvalue weighted by Gasteiger charge is 2.12. The minimum absolute atomic E-state index is 0.302. The van der Waals surface area contributed by atoms with E-state index in [1.165, 1.54) is 18.2 Å². The van der Waals surface area contributed by atoms with Crippen LogP contribution in [0.25, 0.3) is 0 Å². The first-order chi connectivity index (χ1) is 10.1. The van der Waals surface area contributed by atoms with Crippen LogP contribution >= 0.6 is 0 Å². The second kappa shape index (κ2) is 6.91. The number of benzene rings is 2. The van der Waals surface area contributed by atoms with Crippen LogP contribution in [0.2, 0.25) is 0 Å². The molecule has 0 amide bonds. The van der Waals surface area contributed by atoms with Gasteiger partial charge in [0.25, 0.3) is 0 Å². The van der Waals surface area contributed by atoms with Crippen LogP contribution in [0.3, 0.4) is 0 Å². The number of rotatable bonds is 5. The summed E-state index contributed by atoms with van der Waals surface area (Å²) < 4.78 is 38.8. The molecule has 2 rings (SSSR count). The van der Waals surface area contributed by atoms with Crippen molar-refractivity contribution in [2.75, 3.05) is 6.54 Å². The Morgan fingerprint density at radius 2 is 1.71 bits per heavy atom. The molecule has 0 aromatic heterocycles. The Labute approximate surface area is 120 Å². The summed E-state index contributed by atoms with van der Waals surface area (Å²) in [6.45, 7) is 0.461. The van der Waals surface area contributed by atoms with Gasteiger partial charge in [-0.05, 0) is 41.8 Å². The lowest BCUT2D eigenvalue weighted by molar-refractivity contribution is 0.504. The van der Waals surface area contributed by atoms with Gasteiger partial charge in [0, 0.05) is 6.54 Å². The van der Waals surface area contributed by atoms with Crippen molar-refractivity contribution in [1.29, 1.82) is 5.26 Å². The molecule has 0 fully saturated rings. The Kier molecular flexibility index (Phi) is 4.96. The summed E-state index contributed by atoms with van der Waals surface area (Å²) in [5.41, 5.74) is 1.29. The fourth-order valence-electron chi connectivity index (χ4n) is 1.94. The van der Waals surface area contributed by atoms with Gasteiger partial charge in [-0.25, -0.2) is 13.2 Å². The standard InChI is InChI=1S/C16H13F3N2/c17-13-4-1-11(2-5-13)7-8-21-16(10-20)12-3-6-14(18)15(19)9-12/h1-6,9,16,21H,7-8H2. The van der Waals surface area contributed by atoms with Crippen molar-refractivity contribution in [2.24, 2.45) is 0 Å². The van der Waals surface area contributed by atoms with Crippen LogP contribution in [-0.4, -0.2) is 6.54 Å². The fourth-order valence-corrected chi connectivity index (χ4v) is 1.94. The van der Waals surface area contributed by atoms with Crippen molar-refractivity contribution in [3.63, 3.8) is 0 Å². The summed E-state index contributed by atoms with van der Waals surface area (Å²) in [4.78, 5) is 0. The third-order valence-corrected chi connectivity index (χ3v) is 3.08. The maximum absolute atomic E-state index is 13.2. The molecule has 0 radical (unpaired) electrons. The normalized spacial score (nSPS) is 11.9. The van der Waals surface area contributed by atoms with Gasteiger partial charge in [-0.15, -0.1) is 0 Å². The van der Waals surface area contributed by atoms with E-state index >= 15 is 0 Å². The van der Waals surface area contributed by atoms with Gasteiger partial charge in [-0.1, -0.05) is 18.2 Å². The molecule has 0 saturated carbocycles. The molecule has 1 unspecified atom stereocenters. The molecule has 1 atom stereocenters. The Morgan fingerprint density at radius 3 is 2.33 bits per heavy atom. The van der Waals surface area contributed by atoms with Crippen LogP contribution in [0.1, 0.15) is 17.2 Å². The van der Waals surface area contributed by atoms with E-state index in [0.717, 1.165) is 17.7 Å². The molecule has 0 heterocycles. The maximum atomic E-state index is 13.2. The third-order valence-electron chi connectivity index (χ3n) is 3.08. The van der Waals surface area contributed by atoms with Crippen LogP contribution in [-0.2, 0) is 6.42 Å². The lowest BCUT2D eigenvalue weighted by atomic mass is 10.1. The highest BCUT2D eigenvalue weighted by molar-refractivity contribution is 5.25. The molecule has 5 heteroatoms. The first kappa shape index (κ1) is 15.1. The Morgan fingerprint density at radius 1 is 1.00 bits per heavy atom. The van der Waals surface area contributed by atoms with Gasteiger partial charge in [-0.3, -0.25) is 5.32 Å². The van der Waals surface area contributed by atoms with Gasteiger partial charge in [0.2, 0.25) is 0 Å². The van der Waals surface area contributed by atoms with E-state index in [1.807, 2.05) is 6.07 Å². The van der Waals surface area contributed by atoms with Crippen molar-refractivity contribution in [3.8, 4) is 6.07 Å². The van der Waals surface area contributed by atoms with E-state index in [9.17, 15) is 13.2 Å². The second-order valence-electron chi connectivity index (χ2n) is 4.57.